The van der Waals surface area contributed by atoms with Crippen LogP contribution in [0.5, 0.6) is 0 Å². The summed E-state index contributed by atoms with van der Waals surface area (Å²) in [4.78, 5) is 0. The number of likely N-dealkylation sites (N-methyl/N-ethyl adjacent to an activating group) is 1. The molecule has 0 amide bonds. The molecule has 1 aliphatic heterocycles. The molecule has 0 spiro atoms. The first-order valence-corrected chi connectivity index (χ1v) is 7.17. The van der Waals surface area contributed by atoms with Gasteiger partial charge in [0.05, 0.1) is 6.61 Å². The Morgan fingerprint density at radius 2 is 2.06 bits per heavy atom. The molecule has 2 nitrogen and oxygen atoms in total. The number of hydrogen-bond donors (Lipinski definition) is 1. The van der Waals surface area contributed by atoms with Crippen molar-refractivity contribution in [2.75, 3.05) is 20.3 Å². The van der Waals surface area contributed by atoms with Crippen LogP contribution < -0.4 is 5.32 Å². The zero-order chi connectivity index (χ0) is 12.4. The van der Waals surface area contributed by atoms with E-state index >= 15 is 0 Å². The molecular weight excluding hydrogens is 222 g/mol. The molecule has 1 aliphatic carbocycles. The van der Waals surface area contributed by atoms with E-state index in [1.54, 1.807) is 0 Å². The Hall–Kier alpha value is -0.860. The van der Waals surface area contributed by atoms with Gasteiger partial charge in [-0.05, 0) is 44.2 Å². The average Bonchev–Trinajstić information content (AvgIpc) is 3.24. The van der Waals surface area contributed by atoms with E-state index in [1.807, 2.05) is 0 Å². The SMILES string of the molecule is CNC(C1CCCOC1)C1(c2ccccc2)CC1. The van der Waals surface area contributed by atoms with Crippen molar-refractivity contribution in [3.8, 4) is 0 Å². The summed E-state index contributed by atoms with van der Waals surface area (Å²) in [5.74, 6) is 0.673. The summed E-state index contributed by atoms with van der Waals surface area (Å²) in [6.45, 7) is 1.88. The van der Waals surface area contributed by atoms with E-state index in [0.29, 0.717) is 17.4 Å². The number of hydrogen-bond acceptors (Lipinski definition) is 2. The highest BCUT2D eigenvalue weighted by Gasteiger charge is 2.52. The van der Waals surface area contributed by atoms with Crippen molar-refractivity contribution >= 4 is 0 Å². The maximum atomic E-state index is 5.68. The Morgan fingerprint density at radius 3 is 2.61 bits per heavy atom. The molecule has 2 heteroatoms. The monoisotopic (exact) mass is 245 g/mol. The van der Waals surface area contributed by atoms with E-state index in [2.05, 4.69) is 42.7 Å². The van der Waals surface area contributed by atoms with Gasteiger partial charge < -0.3 is 10.1 Å². The van der Waals surface area contributed by atoms with Crippen LogP contribution in [0.25, 0.3) is 0 Å². The van der Waals surface area contributed by atoms with Gasteiger partial charge in [0.2, 0.25) is 0 Å². The van der Waals surface area contributed by atoms with E-state index in [1.165, 1.54) is 31.2 Å². The largest absolute Gasteiger partial charge is 0.381 e. The van der Waals surface area contributed by atoms with E-state index in [-0.39, 0.29) is 0 Å². The highest BCUT2D eigenvalue weighted by Crippen LogP contribution is 2.53. The second-order valence-corrected chi connectivity index (χ2v) is 5.77. The Balaban J connectivity index is 1.82. The summed E-state index contributed by atoms with van der Waals surface area (Å²) in [6, 6.07) is 11.6. The molecule has 2 unspecified atom stereocenters. The maximum absolute atomic E-state index is 5.68. The fourth-order valence-corrected chi connectivity index (χ4v) is 3.68. The van der Waals surface area contributed by atoms with E-state index in [9.17, 15) is 0 Å². The van der Waals surface area contributed by atoms with Gasteiger partial charge in [-0.3, -0.25) is 0 Å². The molecular formula is C16H23NO. The van der Waals surface area contributed by atoms with Crippen LogP contribution in [0.1, 0.15) is 31.2 Å². The summed E-state index contributed by atoms with van der Waals surface area (Å²) in [5, 5.41) is 3.59. The lowest BCUT2D eigenvalue weighted by Gasteiger charge is -2.36. The van der Waals surface area contributed by atoms with Gasteiger partial charge in [0, 0.05) is 18.1 Å². The van der Waals surface area contributed by atoms with Crippen LogP contribution in [0.2, 0.25) is 0 Å². The summed E-state index contributed by atoms with van der Waals surface area (Å²) in [6.07, 6.45) is 5.16. The van der Waals surface area contributed by atoms with Gasteiger partial charge in [0.25, 0.3) is 0 Å². The molecule has 2 atom stereocenters. The first-order chi connectivity index (χ1) is 8.87. The number of rotatable bonds is 4. The third kappa shape index (κ3) is 2.08. The molecule has 1 saturated carbocycles. The summed E-state index contributed by atoms with van der Waals surface area (Å²) in [7, 11) is 2.11. The van der Waals surface area contributed by atoms with Gasteiger partial charge in [0.15, 0.2) is 0 Å². The van der Waals surface area contributed by atoms with Crippen molar-refractivity contribution in [2.24, 2.45) is 5.92 Å². The Labute approximate surface area is 110 Å². The molecule has 3 rings (SSSR count). The van der Waals surface area contributed by atoms with Gasteiger partial charge in [-0.1, -0.05) is 30.3 Å². The predicted octanol–water partition coefficient (Wildman–Crippen LogP) is 2.73. The summed E-state index contributed by atoms with van der Waals surface area (Å²) < 4.78 is 5.68. The topological polar surface area (TPSA) is 21.3 Å². The highest BCUT2D eigenvalue weighted by atomic mass is 16.5. The van der Waals surface area contributed by atoms with Crippen LogP contribution in [-0.4, -0.2) is 26.3 Å². The Kier molecular flexibility index (Phi) is 3.40. The third-order valence-corrected chi connectivity index (χ3v) is 4.71. The van der Waals surface area contributed by atoms with E-state index in [0.717, 1.165) is 13.2 Å². The molecule has 2 aliphatic rings. The molecule has 0 radical (unpaired) electrons. The lowest BCUT2D eigenvalue weighted by atomic mass is 9.78. The second-order valence-electron chi connectivity index (χ2n) is 5.77. The summed E-state index contributed by atoms with van der Waals surface area (Å²) >= 11 is 0. The smallest absolute Gasteiger partial charge is 0.0509 e. The molecule has 1 aromatic rings. The van der Waals surface area contributed by atoms with Gasteiger partial charge in [-0.2, -0.15) is 0 Å². The van der Waals surface area contributed by atoms with Crippen molar-refractivity contribution in [3.05, 3.63) is 35.9 Å². The molecule has 18 heavy (non-hydrogen) atoms. The number of benzene rings is 1. The van der Waals surface area contributed by atoms with Gasteiger partial charge in [0.1, 0.15) is 0 Å². The minimum absolute atomic E-state index is 0.376. The van der Waals surface area contributed by atoms with Gasteiger partial charge >= 0.3 is 0 Å². The van der Waals surface area contributed by atoms with Crippen LogP contribution in [-0.2, 0) is 10.2 Å². The summed E-state index contributed by atoms with van der Waals surface area (Å²) in [5.41, 5.74) is 1.89. The van der Waals surface area contributed by atoms with Crippen molar-refractivity contribution in [1.82, 2.24) is 5.32 Å². The van der Waals surface area contributed by atoms with Crippen molar-refractivity contribution < 1.29 is 4.74 Å². The van der Waals surface area contributed by atoms with Crippen LogP contribution in [0.3, 0.4) is 0 Å². The normalized spacial score (nSPS) is 27.7. The molecule has 0 aromatic heterocycles. The number of ether oxygens (including phenoxy) is 1. The van der Waals surface area contributed by atoms with E-state index < -0.39 is 0 Å². The Morgan fingerprint density at radius 1 is 1.28 bits per heavy atom. The lowest BCUT2D eigenvalue weighted by Crippen LogP contribution is -2.46. The molecule has 1 saturated heterocycles. The fraction of sp³-hybridized carbons (Fsp3) is 0.625. The molecule has 0 bridgehead atoms. The molecule has 1 N–H and O–H groups in total. The molecule has 1 heterocycles. The van der Waals surface area contributed by atoms with Gasteiger partial charge in [-0.25, -0.2) is 0 Å². The highest BCUT2D eigenvalue weighted by molar-refractivity contribution is 5.34. The van der Waals surface area contributed by atoms with Crippen LogP contribution in [0, 0.1) is 5.92 Å². The van der Waals surface area contributed by atoms with Crippen molar-refractivity contribution in [1.29, 1.82) is 0 Å². The second kappa shape index (κ2) is 5.02. The first-order valence-electron chi connectivity index (χ1n) is 7.17. The van der Waals surface area contributed by atoms with Crippen LogP contribution in [0.15, 0.2) is 30.3 Å². The zero-order valence-electron chi connectivity index (χ0n) is 11.2. The molecule has 2 fully saturated rings. The van der Waals surface area contributed by atoms with Gasteiger partial charge in [-0.15, -0.1) is 0 Å². The average molecular weight is 245 g/mol. The maximum Gasteiger partial charge on any atom is 0.0509 e. The predicted molar refractivity (Wildman–Crippen MR) is 73.7 cm³/mol. The quantitative estimate of drug-likeness (QED) is 0.880. The minimum atomic E-state index is 0.376. The van der Waals surface area contributed by atoms with Crippen LogP contribution in [0.4, 0.5) is 0 Å². The van der Waals surface area contributed by atoms with E-state index in [4.69, 9.17) is 4.74 Å². The van der Waals surface area contributed by atoms with Crippen molar-refractivity contribution in [3.63, 3.8) is 0 Å². The lowest BCUT2D eigenvalue weighted by molar-refractivity contribution is 0.0339. The Bertz CT molecular complexity index is 379. The number of nitrogens with one attached hydrogen (secondary N) is 1. The van der Waals surface area contributed by atoms with Crippen molar-refractivity contribution in [2.45, 2.75) is 37.1 Å². The minimum Gasteiger partial charge on any atom is -0.381 e. The molecule has 98 valence electrons. The standard InChI is InChI=1S/C16H23NO/c1-17-15(13-6-5-11-18-12-13)16(9-10-16)14-7-3-2-4-8-14/h2-4,7-8,13,15,17H,5-6,9-12H2,1H3. The van der Waals surface area contributed by atoms with Crippen LogP contribution >= 0.6 is 0 Å². The molecule has 1 aromatic carbocycles. The third-order valence-electron chi connectivity index (χ3n) is 4.71. The zero-order valence-corrected chi connectivity index (χ0v) is 11.2. The first kappa shape index (κ1) is 12.2. The fourth-order valence-electron chi connectivity index (χ4n) is 3.68.